The van der Waals surface area contributed by atoms with Crippen molar-refractivity contribution < 1.29 is 4.79 Å². The molecule has 2 aromatic rings. The van der Waals surface area contributed by atoms with Crippen LogP contribution in [0.5, 0.6) is 0 Å². The van der Waals surface area contributed by atoms with Crippen LogP contribution in [0.1, 0.15) is 72.4 Å². The van der Waals surface area contributed by atoms with Gasteiger partial charge in [0.2, 0.25) is 5.78 Å². The van der Waals surface area contributed by atoms with E-state index in [9.17, 15) is 4.79 Å². The highest BCUT2D eigenvalue weighted by Gasteiger charge is 2.26. The number of ketones is 1. The van der Waals surface area contributed by atoms with Crippen molar-refractivity contribution in [2.75, 3.05) is 0 Å². The molecule has 0 unspecified atom stereocenters. The molecule has 0 amide bonds. The van der Waals surface area contributed by atoms with E-state index >= 15 is 0 Å². The average Bonchev–Trinajstić information content (AvgIpc) is 2.86. The second-order valence-corrected chi connectivity index (χ2v) is 8.56. The van der Waals surface area contributed by atoms with Crippen LogP contribution in [0.15, 0.2) is 36.5 Å². The van der Waals surface area contributed by atoms with Crippen LogP contribution in [0, 0.1) is 6.92 Å². The van der Waals surface area contributed by atoms with Gasteiger partial charge in [-0.15, -0.1) is 0 Å². The fraction of sp³-hybridized carbons (Fsp3) is 0.458. The first-order valence-electron chi connectivity index (χ1n) is 10.3. The molecule has 0 aliphatic heterocycles. The Morgan fingerprint density at radius 2 is 1.79 bits per heavy atom. The normalized spacial score (nSPS) is 14.3. The summed E-state index contributed by atoms with van der Waals surface area (Å²) in [6.07, 6.45) is 6.81. The van der Waals surface area contributed by atoms with Gasteiger partial charge in [0.25, 0.3) is 0 Å². The minimum Gasteiger partial charge on any atom is -0.380 e. The number of fused-ring (bicyclic) bond motifs is 1. The van der Waals surface area contributed by atoms with Gasteiger partial charge in [-0.05, 0) is 69.7 Å². The lowest BCUT2D eigenvalue weighted by Crippen LogP contribution is -2.27. The zero-order valence-corrected chi connectivity index (χ0v) is 18.0. The van der Waals surface area contributed by atoms with Gasteiger partial charge in [-0.25, -0.2) is 0 Å². The zero-order chi connectivity index (χ0) is 20.3. The largest absolute Gasteiger partial charge is 0.380 e. The molecular weight excluding hydrogens is 368 g/mol. The standard InChI is InChI=1S/C24H31ClN2O/c1-16(2)26-17(3)24(28)23-18(4)27(15-19-11-13-20(25)14-12-19)22-10-8-6-5-7-9-21(22)23/h11-14,16,26H,3,5-10,15H2,1-2,4H3. The highest BCUT2D eigenvalue weighted by molar-refractivity contribution is 6.30. The highest BCUT2D eigenvalue weighted by atomic mass is 35.5. The lowest BCUT2D eigenvalue weighted by Gasteiger charge is -2.16. The molecule has 28 heavy (non-hydrogen) atoms. The first-order valence-corrected chi connectivity index (χ1v) is 10.7. The number of carbonyl (C=O) groups excluding carboxylic acids is 1. The van der Waals surface area contributed by atoms with Crippen LogP contribution in [0.3, 0.4) is 0 Å². The van der Waals surface area contributed by atoms with E-state index in [1.165, 1.54) is 36.1 Å². The first kappa shape index (κ1) is 20.7. The van der Waals surface area contributed by atoms with Gasteiger partial charge in [-0.3, -0.25) is 4.79 Å². The number of benzene rings is 1. The van der Waals surface area contributed by atoms with Crippen molar-refractivity contribution >= 4 is 17.4 Å². The summed E-state index contributed by atoms with van der Waals surface area (Å²) in [7, 11) is 0. The van der Waals surface area contributed by atoms with Gasteiger partial charge in [-0.2, -0.15) is 0 Å². The maximum absolute atomic E-state index is 13.3. The number of aromatic nitrogens is 1. The van der Waals surface area contributed by atoms with E-state index in [1.54, 1.807) is 0 Å². The first-order chi connectivity index (χ1) is 13.4. The molecule has 0 spiro atoms. The van der Waals surface area contributed by atoms with E-state index in [0.717, 1.165) is 42.1 Å². The number of hydrogen-bond acceptors (Lipinski definition) is 2. The Bertz CT molecular complexity index is 862. The smallest absolute Gasteiger partial charge is 0.210 e. The van der Waals surface area contributed by atoms with Crippen molar-refractivity contribution in [3.8, 4) is 0 Å². The fourth-order valence-corrected chi connectivity index (χ4v) is 4.34. The molecule has 150 valence electrons. The van der Waals surface area contributed by atoms with E-state index in [0.29, 0.717) is 5.70 Å². The van der Waals surface area contributed by atoms with E-state index in [1.807, 2.05) is 26.0 Å². The molecule has 0 radical (unpaired) electrons. The molecule has 1 aliphatic carbocycles. The minimum absolute atomic E-state index is 0.0397. The van der Waals surface area contributed by atoms with E-state index in [2.05, 4.69) is 35.5 Å². The van der Waals surface area contributed by atoms with Crippen LogP contribution < -0.4 is 5.32 Å². The van der Waals surface area contributed by atoms with Gasteiger partial charge in [0.15, 0.2) is 0 Å². The Balaban J connectivity index is 2.05. The fourth-order valence-electron chi connectivity index (χ4n) is 4.22. The third kappa shape index (κ3) is 4.52. The third-order valence-corrected chi connectivity index (χ3v) is 5.80. The summed E-state index contributed by atoms with van der Waals surface area (Å²) >= 11 is 6.05. The maximum atomic E-state index is 13.3. The molecule has 1 aromatic heterocycles. The van der Waals surface area contributed by atoms with Gasteiger partial charge in [0, 0.05) is 34.6 Å². The minimum atomic E-state index is 0.0397. The average molecular weight is 399 g/mol. The summed E-state index contributed by atoms with van der Waals surface area (Å²) in [5.41, 5.74) is 6.18. The van der Waals surface area contributed by atoms with Crippen molar-refractivity contribution in [1.82, 2.24) is 9.88 Å². The van der Waals surface area contributed by atoms with Crippen LogP contribution >= 0.6 is 11.6 Å². The van der Waals surface area contributed by atoms with Crippen LogP contribution in [-0.2, 0) is 19.4 Å². The number of hydrogen-bond donors (Lipinski definition) is 1. The molecule has 1 N–H and O–H groups in total. The molecule has 0 saturated heterocycles. The highest BCUT2D eigenvalue weighted by Crippen LogP contribution is 2.31. The number of allylic oxidation sites excluding steroid dienone is 1. The van der Waals surface area contributed by atoms with Gasteiger partial charge >= 0.3 is 0 Å². The predicted molar refractivity (Wildman–Crippen MR) is 117 cm³/mol. The van der Waals surface area contributed by atoms with Crippen LogP contribution in [0.25, 0.3) is 0 Å². The molecule has 3 nitrogen and oxygen atoms in total. The number of nitrogens with zero attached hydrogens (tertiary/aromatic N) is 1. The number of carbonyl (C=O) groups is 1. The van der Waals surface area contributed by atoms with Gasteiger partial charge in [0.1, 0.15) is 0 Å². The molecule has 3 rings (SSSR count). The van der Waals surface area contributed by atoms with E-state index in [4.69, 9.17) is 11.6 Å². The lowest BCUT2D eigenvalue weighted by atomic mass is 9.93. The monoisotopic (exact) mass is 398 g/mol. The summed E-state index contributed by atoms with van der Waals surface area (Å²) in [6, 6.07) is 8.19. The molecule has 0 atom stereocenters. The molecule has 0 saturated carbocycles. The lowest BCUT2D eigenvalue weighted by molar-refractivity contribution is 0.102. The number of Topliss-reactive ketones (excluding diaryl/α,β-unsaturated/α-hetero) is 1. The molecule has 1 heterocycles. The maximum Gasteiger partial charge on any atom is 0.210 e. The Hall–Kier alpha value is -2.00. The van der Waals surface area contributed by atoms with Crippen molar-refractivity contribution in [1.29, 1.82) is 0 Å². The molecule has 1 aliphatic rings. The van der Waals surface area contributed by atoms with Crippen molar-refractivity contribution in [2.24, 2.45) is 0 Å². The molecule has 0 fully saturated rings. The number of rotatable bonds is 6. The second-order valence-electron chi connectivity index (χ2n) is 8.12. The van der Waals surface area contributed by atoms with E-state index < -0.39 is 0 Å². The summed E-state index contributed by atoms with van der Waals surface area (Å²) in [5.74, 6) is 0.0397. The Kier molecular flexibility index (Phi) is 6.66. The summed E-state index contributed by atoms with van der Waals surface area (Å²) in [6.45, 7) is 10.9. The van der Waals surface area contributed by atoms with Gasteiger partial charge in [0.05, 0.1) is 5.70 Å². The van der Waals surface area contributed by atoms with Gasteiger partial charge < -0.3 is 9.88 Å². The quantitative estimate of drug-likeness (QED) is 0.489. The molecule has 4 heteroatoms. The topological polar surface area (TPSA) is 34.0 Å². The summed E-state index contributed by atoms with van der Waals surface area (Å²) in [5, 5.41) is 3.95. The van der Waals surface area contributed by atoms with Crippen molar-refractivity contribution in [3.63, 3.8) is 0 Å². The number of nitrogens with one attached hydrogen (secondary N) is 1. The van der Waals surface area contributed by atoms with Gasteiger partial charge in [-0.1, -0.05) is 43.2 Å². The zero-order valence-electron chi connectivity index (χ0n) is 17.3. The van der Waals surface area contributed by atoms with Crippen LogP contribution in [-0.4, -0.2) is 16.4 Å². The van der Waals surface area contributed by atoms with Crippen LogP contribution in [0.2, 0.25) is 5.02 Å². The molecule has 1 aromatic carbocycles. The van der Waals surface area contributed by atoms with Crippen molar-refractivity contribution in [3.05, 3.63) is 69.6 Å². The summed E-state index contributed by atoms with van der Waals surface area (Å²) in [4.78, 5) is 13.3. The Labute approximate surface area is 173 Å². The predicted octanol–water partition coefficient (Wildman–Crippen LogP) is 5.85. The number of halogens is 1. The van der Waals surface area contributed by atoms with Crippen LogP contribution in [0.4, 0.5) is 0 Å². The SMILES string of the molecule is C=C(NC(C)C)C(=O)c1c2c(n(Cc3ccc(Cl)cc3)c1C)CCCCCC2. The Morgan fingerprint density at radius 1 is 1.14 bits per heavy atom. The van der Waals surface area contributed by atoms with E-state index in [-0.39, 0.29) is 11.8 Å². The third-order valence-electron chi connectivity index (χ3n) is 5.55. The molecule has 0 bridgehead atoms. The Morgan fingerprint density at radius 3 is 2.43 bits per heavy atom. The molecular formula is C24H31ClN2O. The second kappa shape index (κ2) is 9.00. The summed E-state index contributed by atoms with van der Waals surface area (Å²) < 4.78 is 2.35. The van der Waals surface area contributed by atoms with Crippen molar-refractivity contribution in [2.45, 2.75) is 71.9 Å².